The van der Waals surface area contributed by atoms with Crippen LogP contribution in [-0.4, -0.2) is 31.9 Å². The molecule has 0 aromatic heterocycles. The quantitative estimate of drug-likeness (QED) is 0.543. The third kappa shape index (κ3) is 3.03. The minimum Gasteiger partial charge on any atom is -0.469 e. The number of methoxy groups -OCH3 is 2. The molecule has 6 atom stereocenters. The molecule has 5 heteroatoms. The molecule has 3 saturated carbocycles. The molecule has 3 aliphatic rings. The van der Waals surface area contributed by atoms with Gasteiger partial charge in [-0.25, -0.2) is 4.79 Å². The molecule has 3 rings (SSSR count). The van der Waals surface area contributed by atoms with Crippen molar-refractivity contribution in [3.63, 3.8) is 0 Å². The molecular weight excluding hydrogens is 344 g/mol. The summed E-state index contributed by atoms with van der Waals surface area (Å²) < 4.78 is 9.93. The SMILES string of the molecule is COC(=O)C=C1CCC2C(C(=O)CC3C(C)(C(=O)OC)CCCC23C)C1C. The summed E-state index contributed by atoms with van der Waals surface area (Å²) in [6.07, 6.45) is 6.50. The Balaban J connectivity index is 1.96. The highest BCUT2D eigenvalue weighted by atomic mass is 16.5. The molecule has 0 aromatic rings. The van der Waals surface area contributed by atoms with E-state index in [1.807, 2.05) is 6.92 Å². The first-order valence-electron chi connectivity index (χ1n) is 10.1. The van der Waals surface area contributed by atoms with Crippen molar-refractivity contribution < 1.29 is 23.9 Å². The van der Waals surface area contributed by atoms with Crippen LogP contribution in [0.5, 0.6) is 0 Å². The lowest BCUT2D eigenvalue weighted by atomic mass is 9.43. The molecule has 6 unspecified atom stereocenters. The van der Waals surface area contributed by atoms with E-state index in [0.717, 1.165) is 37.7 Å². The summed E-state index contributed by atoms with van der Waals surface area (Å²) in [5.41, 5.74) is 0.378. The van der Waals surface area contributed by atoms with Crippen LogP contribution in [0.25, 0.3) is 0 Å². The van der Waals surface area contributed by atoms with E-state index in [-0.39, 0.29) is 46.8 Å². The molecule has 0 saturated heterocycles. The van der Waals surface area contributed by atoms with Gasteiger partial charge in [-0.1, -0.05) is 25.8 Å². The molecule has 0 N–H and O–H groups in total. The minimum absolute atomic E-state index is 0.0262. The van der Waals surface area contributed by atoms with Crippen molar-refractivity contribution in [2.75, 3.05) is 14.2 Å². The number of carbonyl (C=O) groups is 3. The number of allylic oxidation sites excluding steroid dienone is 1. The summed E-state index contributed by atoms with van der Waals surface area (Å²) in [4.78, 5) is 37.6. The highest BCUT2D eigenvalue weighted by Crippen LogP contribution is 2.64. The van der Waals surface area contributed by atoms with Crippen LogP contribution in [-0.2, 0) is 23.9 Å². The van der Waals surface area contributed by atoms with E-state index in [1.165, 1.54) is 14.2 Å². The molecule has 5 nitrogen and oxygen atoms in total. The molecule has 0 radical (unpaired) electrons. The summed E-state index contributed by atoms with van der Waals surface area (Å²) >= 11 is 0. The number of rotatable bonds is 2. The van der Waals surface area contributed by atoms with Gasteiger partial charge in [-0.3, -0.25) is 9.59 Å². The predicted molar refractivity (Wildman–Crippen MR) is 101 cm³/mol. The summed E-state index contributed by atoms with van der Waals surface area (Å²) in [5, 5.41) is 0. The van der Waals surface area contributed by atoms with Crippen LogP contribution in [0.15, 0.2) is 11.6 Å². The Bertz CT molecular complexity index is 680. The van der Waals surface area contributed by atoms with Crippen LogP contribution in [0.4, 0.5) is 0 Å². The van der Waals surface area contributed by atoms with E-state index in [1.54, 1.807) is 6.08 Å². The molecular formula is C22H32O5. The van der Waals surface area contributed by atoms with Crippen LogP contribution in [0.1, 0.15) is 59.3 Å². The zero-order chi connectivity index (χ0) is 20.0. The maximum Gasteiger partial charge on any atom is 0.330 e. The van der Waals surface area contributed by atoms with Gasteiger partial charge in [0.1, 0.15) is 5.78 Å². The second-order valence-corrected chi connectivity index (χ2v) is 9.19. The third-order valence-electron chi connectivity index (χ3n) is 8.06. The Morgan fingerprint density at radius 3 is 2.48 bits per heavy atom. The average Bonchev–Trinajstić information content (AvgIpc) is 2.64. The minimum atomic E-state index is -0.590. The lowest BCUT2D eigenvalue weighted by Crippen LogP contribution is -2.59. The van der Waals surface area contributed by atoms with E-state index >= 15 is 0 Å². The first-order chi connectivity index (χ1) is 12.7. The number of ether oxygens (including phenoxy) is 2. The maximum absolute atomic E-state index is 13.2. The van der Waals surface area contributed by atoms with E-state index in [2.05, 4.69) is 13.8 Å². The van der Waals surface area contributed by atoms with Crippen molar-refractivity contribution in [3.8, 4) is 0 Å². The van der Waals surface area contributed by atoms with Gasteiger partial charge in [-0.05, 0) is 55.8 Å². The van der Waals surface area contributed by atoms with Crippen LogP contribution in [0, 0.1) is 34.5 Å². The van der Waals surface area contributed by atoms with Gasteiger partial charge >= 0.3 is 11.9 Å². The standard InChI is InChI=1S/C22H32O5/c1-13-14(11-18(24)26-4)7-8-15-19(13)16(23)12-17-21(15,2)9-6-10-22(17,3)20(25)27-5/h11,13,15,17,19H,6-10,12H2,1-5H3. The number of carbonyl (C=O) groups excluding carboxylic acids is 3. The lowest BCUT2D eigenvalue weighted by Gasteiger charge is -2.60. The van der Waals surface area contributed by atoms with Gasteiger partial charge in [0.05, 0.1) is 19.6 Å². The fourth-order valence-corrected chi connectivity index (χ4v) is 6.60. The first-order valence-corrected chi connectivity index (χ1v) is 10.1. The Labute approximate surface area is 161 Å². The Morgan fingerprint density at radius 2 is 1.85 bits per heavy atom. The average molecular weight is 376 g/mol. The molecule has 0 aromatic carbocycles. The fourth-order valence-electron chi connectivity index (χ4n) is 6.60. The molecule has 27 heavy (non-hydrogen) atoms. The number of Topliss-reactive ketones (excluding diaryl/α,β-unsaturated/α-hetero) is 1. The largest absolute Gasteiger partial charge is 0.469 e. The van der Waals surface area contributed by atoms with Crippen LogP contribution in [0.2, 0.25) is 0 Å². The molecule has 0 spiro atoms. The number of fused-ring (bicyclic) bond motifs is 3. The molecule has 150 valence electrons. The Hall–Kier alpha value is -1.65. The van der Waals surface area contributed by atoms with Crippen LogP contribution < -0.4 is 0 Å². The van der Waals surface area contributed by atoms with E-state index in [9.17, 15) is 14.4 Å². The van der Waals surface area contributed by atoms with Gasteiger partial charge < -0.3 is 9.47 Å². The van der Waals surface area contributed by atoms with E-state index in [0.29, 0.717) is 6.42 Å². The van der Waals surface area contributed by atoms with Crippen molar-refractivity contribution in [2.45, 2.75) is 59.3 Å². The van der Waals surface area contributed by atoms with Gasteiger partial charge in [0.25, 0.3) is 0 Å². The molecule has 3 fully saturated rings. The zero-order valence-electron chi connectivity index (χ0n) is 17.2. The topological polar surface area (TPSA) is 69.7 Å². The van der Waals surface area contributed by atoms with Gasteiger partial charge in [0.15, 0.2) is 0 Å². The number of hydrogen-bond acceptors (Lipinski definition) is 5. The zero-order valence-corrected chi connectivity index (χ0v) is 17.2. The second-order valence-electron chi connectivity index (χ2n) is 9.19. The highest BCUT2D eigenvalue weighted by molar-refractivity contribution is 5.87. The lowest BCUT2D eigenvalue weighted by molar-refractivity contribution is -0.178. The van der Waals surface area contributed by atoms with Crippen molar-refractivity contribution in [1.29, 1.82) is 0 Å². The van der Waals surface area contributed by atoms with Crippen molar-refractivity contribution in [2.24, 2.45) is 34.5 Å². The fraction of sp³-hybridized carbons (Fsp3) is 0.773. The van der Waals surface area contributed by atoms with Crippen molar-refractivity contribution >= 4 is 17.7 Å². The number of ketones is 1. The number of esters is 2. The molecule has 0 bridgehead atoms. The summed E-state index contributed by atoms with van der Waals surface area (Å²) in [5.74, 6) is -0.0488. The molecule has 0 aliphatic heterocycles. The highest BCUT2D eigenvalue weighted by Gasteiger charge is 2.62. The van der Waals surface area contributed by atoms with Gasteiger partial charge in [0, 0.05) is 18.4 Å². The van der Waals surface area contributed by atoms with Crippen LogP contribution >= 0.6 is 0 Å². The molecule has 3 aliphatic carbocycles. The molecule has 0 amide bonds. The van der Waals surface area contributed by atoms with Crippen molar-refractivity contribution in [1.82, 2.24) is 0 Å². The normalized spacial score (nSPS) is 42.9. The second kappa shape index (κ2) is 7.06. The summed E-state index contributed by atoms with van der Waals surface area (Å²) in [7, 11) is 2.82. The number of hydrogen-bond donors (Lipinski definition) is 0. The van der Waals surface area contributed by atoms with E-state index < -0.39 is 5.41 Å². The van der Waals surface area contributed by atoms with Crippen molar-refractivity contribution in [3.05, 3.63) is 11.6 Å². The predicted octanol–water partition coefficient (Wildman–Crippen LogP) is 3.71. The Kier molecular flexibility index (Phi) is 5.26. The Morgan fingerprint density at radius 1 is 1.15 bits per heavy atom. The first kappa shape index (κ1) is 20.1. The summed E-state index contributed by atoms with van der Waals surface area (Å²) in [6.45, 7) is 6.34. The summed E-state index contributed by atoms with van der Waals surface area (Å²) in [6, 6.07) is 0. The third-order valence-corrected chi connectivity index (χ3v) is 8.06. The van der Waals surface area contributed by atoms with Crippen LogP contribution in [0.3, 0.4) is 0 Å². The van der Waals surface area contributed by atoms with Gasteiger partial charge in [0.2, 0.25) is 0 Å². The van der Waals surface area contributed by atoms with Gasteiger partial charge in [-0.2, -0.15) is 0 Å². The molecule has 0 heterocycles. The smallest absolute Gasteiger partial charge is 0.330 e. The maximum atomic E-state index is 13.2. The van der Waals surface area contributed by atoms with E-state index in [4.69, 9.17) is 9.47 Å². The van der Waals surface area contributed by atoms with Gasteiger partial charge in [-0.15, -0.1) is 0 Å². The monoisotopic (exact) mass is 376 g/mol.